The van der Waals surface area contributed by atoms with Crippen molar-refractivity contribution in [3.8, 4) is 5.75 Å². The van der Waals surface area contributed by atoms with Crippen molar-refractivity contribution in [2.45, 2.75) is 57.6 Å². The number of morpholine rings is 1. The molecule has 1 aromatic heterocycles. The number of amides is 2. The van der Waals surface area contributed by atoms with Gasteiger partial charge in [-0.3, -0.25) is 14.5 Å². The van der Waals surface area contributed by atoms with Crippen LogP contribution in [0, 0.1) is 0 Å². The lowest BCUT2D eigenvalue weighted by Gasteiger charge is -2.31. The maximum Gasteiger partial charge on any atom is 0.271 e. The summed E-state index contributed by atoms with van der Waals surface area (Å²) in [6, 6.07) is 5.63. The third-order valence-corrected chi connectivity index (χ3v) is 7.70. The Morgan fingerprint density at radius 1 is 1.12 bits per heavy atom. The molecule has 0 unspecified atom stereocenters. The average molecular weight is 554 g/mol. The number of carbonyl (C=O) groups is 2. The van der Waals surface area contributed by atoms with E-state index < -0.39 is 5.91 Å². The molecule has 0 atom stereocenters. The van der Waals surface area contributed by atoms with E-state index in [0.717, 1.165) is 65.0 Å². The summed E-state index contributed by atoms with van der Waals surface area (Å²) in [6.45, 7) is 6.76. The molecule has 12 heteroatoms. The molecule has 2 aliphatic heterocycles. The first kappa shape index (κ1) is 28.1. The van der Waals surface area contributed by atoms with Gasteiger partial charge in [-0.25, -0.2) is 9.97 Å². The Hall–Kier alpha value is -3.48. The summed E-state index contributed by atoms with van der Waals surface area (Å²) < 4.78 is 11.2. The van der Waals surface area contributed by atoms with Crippen molar-refractivity contribution in [2.75, 3.05) is 61.5 Å². The summed E-state index contributed by atoms with van der Waals surface area (Å²) in [7, 11) is 0. The van der Waals surface area contributed by atoms with Crippen LogP contribution in [0.15, 0.2) is 18.2 Å². The van der Waals surface area contributed by atoms with Gasteiger partial charge in [-0.2, -0.15) is 0 Å². The molecule has 216 valence electrons. The number of nitrogens with one attached hydrogen (secondary N) is 2. The second-order valence-corrected chi connectivity index (χ2v) is 10.5. The molecule has 3 aliphatic rings. The van der Waals surface area contributed by atoms with Crippen molar-refractivity contribution in [1.29, 1.82) is 0 Å². The normalized spacial score (nSPS) is 21.4. The number of fused-ring (bicyclic) bond motifs is 1. The zero-order valence-electron chi connectivity index (χ0n) is 23.0. The van der Waals surface area contributed by atoms with Gasteiger partial charge in [0.25, 0.3) is 11.8 Å². The van der Waals surface area contributed by atoms with Gasteiger partial charge in [-0.05, 0) is 50.7 Å². The van der Waals surface area contributed by atoms with Crippen molar-refractivity contribution in [2.24, 2.45) is 5.73 Å². The molecule has 0 radical (unpaired) electrons. The van der Waals surface area contributed by atoms with Crippen molar-refractivity contribution in [1.82, 2.24) is 14.9 Å². The van der Waals surface area contributed by atoms with Crippen LogP contribution < -0.4 is 26.0 Å². The minimum atomic E-state index is -0.678. The number of aromatic nitrogens is 2. The summed E-state index contributed by atoms with van der Waals surface area (Å²) in [4.78, 5) is 38.4. The number of aliphatic hydroxyl groups excluding tert-OH is 1. The lowest BCUT2D eigenvalue weighted by Crippen LogP contribution is -2.42. The highest BCUT2D eigenvalue weighted by Crippen LogP contribution is 2.36. The molecule has 40 heavy (non-hydrogen) atoms. The van der Waals surface area contributed by atoms with Crippen LogP contribution in [0.25, 0.3) is 0 Å². The molecular weight excluding hydrogens is 514 g/mol. The smallest absolute Gasteiger partial charge is 0.271 e. The second-order valence-electron chi connectivity index (χ2n) is 10.5. The van der Waals surface area contributed by atoms with E-state index in [-0.39, 0.29) is 36.2 Å². The Kier molecular flexibility index (Phi) is 8.98. The summed E-state index contributed by atoms with van der Waals surface area (Å²) in [5.41, 5.74) is 7.74. The Morgan fingerprint density at radius 3 is 2.62 bits per heavy atom. The van der Waals surface area contributed by atoms with Crippen LogP contribution in [0.4, 0.5) is 23.0 Å². The minimum absolute atomic E-state index is 0.0320. The van der Waals surface area contributed by atoms with Gasteiger partial charge >= 0.3 is 0 Å². The van der Waals surface area contributed by atoms with Gasteiger partial charge in [0.2, 0.25) is 0 Å². The summed E-state index contributed by atoms with van der Waals surface area (Å²) in [5, 5.41) is 16.5. The van der Waals surface area contributed by atoms with Crippen LogP contribution in [0.1, 0.15) is 55.2 Å². The fraction of sp³-hybridized carbons (Fsp3) is 0.571. The molecule has 0 spiro atoms. The maximum absolute atomic E-state index is 12.7. The second kappa shape index (κ2) is 12.8. The molecule has 5 rings (SSSR count). The molecule has 1 saturated heterocycles. The predicted octanol–water partition coefficient (Wildman–Crippen LogP) is 2.04. The number of hydrogen-bond donors (Lipinski definition) is 4. The van der Waals surface area contributed by atoms with Crippen molar-refractivity contribution >= 4 is 34.8 Å². The zero-order valence-corrected chi connectivity index (χ0v) is 23.0. The van der Waals surface area contributed by atoms with E-state index in [1.54, 1.807) is 11.0 Å². The number of ether oxygens (including phenoxy) is 2. The molecule has 1 aliphatic carbocycles. The number of carbonyl (C=O) groups excluding carboxylic acids is 2. The third kappa shape index (κ3) is 6.62. The van der Waals surface area contributed by atoms with Gasteiger partial charge in [0, 0.05) is 44.0 Å². The largest absolute Gasteiger partial charge is 0.481 e. The first-order chi connectivity index (χ1) is 19.4. The van der Waals surface area contributed by atoms with Crippen LogP contribution in [0.3, 0.4) is 0 Å². The van der Waals surface area contributed by atoms with Crippen LogP contribution in [0.5, 0.6) is 5.75 Å². The van der Waals surface area contributed by atoms with Crippen LogP contribution in [-0.2, 0) is 16.0 Å². The highest BCUT2D eigenvalue weighted by Gasteiger charge is 2.27. The number of nitrogens with two attached hydrogens (primary N) is 1. The van der Waals surface area contributed by atoms with Gasteiger partial charge in [0.1, 0.15) is 11.6 Å². The molecule has 0 bridgehead atoms. The number of rotatable bonds is 10. The fourth-order valence-corrected chi connectivity index (χ4v) is 5.45. The van der Waals surface area contributed by atoms with Gasteiger partial charge in [0.15, 0.2) is 18.1 Å². The predicted molar refractivity (Wildman–Crippen MR) is 151 cm³/mol. The zero-order chi connectivity index (χ0) is 28.1. The number of aliphatic hydroxyl groups is 1. The lowest BCUT2D eigenvalue weighted by molar-refractivity contribution is -0.121. The Balaban J connectivity index is 1.32. The lowest BCUT2D eigenvalue weighted by atomic mass is 9.93. The highest BCUT2D eigenvalue weighted by atomic mass is 16.5. The Bertz CT molecular complexity index is 1210. The Morgan fingerprint density at radius 2 is 1.90 bits per heavy atom. The van der Waals surface area contributed by atoms with Gasteiger partial charge < -0.3 is 35.8 Å². The molecule has 2 aromatic rings. The molecule has 12 nitrogen and oxygen atoms in total. The molecule has 2 fully saturated rings. The summed E-state index contributed by atoms with van der Waals surface area (Å²) in [6.07, 6.45) is 4.30. The van der Waals surface area contributed by atoms with E-state index in [9.17, 15) is 14.7 Å². The minimum Gasteiger partial charge on any atom is -0.481 e. The van der Waals surface area contributed by atoms with Crippen molar-refractivity contribution < 1.29 is 24.2 Å². The van der Waals surface area contributed by atoms with Crippen LogP contribution >= 0.6 is 0 Å². The number of benzene rings is 1. The third-order valence-electron chi connectivity index (χ3n) is 7.70. The molecule has 3 heterocycles. The number of primary amides is 1. The number of hydrogen-bond acceptors (Lipinski definition) is 10. The molecule has 5 N–H and O–H groups in total. The van der Waals surface area contributed by atoms with E-state index >= 15 is 0 Å². The van der Waals surface area contributed by atoms with E-state index in [0.29, 0.717) is 41.6 Å². The first-order valence-electron chi connectivity index (χ1n) is 14.2. The summed E-state index contributed by atoms with van der Waals surface area (Å²) in [5.74, 6) is 0.676. The number of aryl methyl sites for hydroxylation is 1. The average Bonchev–Trinajstić information content (AvgIpc) is 2.96. The van der Waals surface area contributed by atoms with E-state index in [2.05, 4.69) is 20.5 Å². The van der Waals surface area contributed by atoms with E-state index in [1.165, 1.54) is 0 Å². The first-order valence-corrected chi connectivity index (χ1v) is 14.2. The van der Waals surface area contributed by atoms with Crippen molar-refractivity contribution in [3.63, 3.8) is 0 Å². The number of anilines is 4. The SMILES string of the molecule is CCc1nc(C(N)=O)c(Nc2ccc3c(c2)OCC(=O)N3CCCN2CCOCC2)nc1NC1CCC(O)CC1. The van der Waals surface area contributed by atoms with E-state index in [1.807, 2.05) is 19.1 Å². The Labute approximate surface area is 234 Å². The van der Waals surface area contributed by atoms with Crippen LogP contribution in [-0.4, -0.2) is 89.9 Å². The van der Waals surface area contributed by atoms with Gasteiger partial charge in [0.05, 0.1) is 30.7 Å². The van der Waals surface area contributed by atoms with Gasteiger partial charge in [-0.15, -0.1) is 0 Å². The standard InChI is InChI=1S/C28H39N7O5/c1-2-21-27(30-18-4-7-20(36)8-5-18)33-28(25(32-21)26(29)38)31-19-6-9-22-23(16-19)40-17-24(37)35(22)11-3-10-34-12-14-39-15-13-34/h6,9,16,18,20,36H,2-5,7-8,10-15,17H2,1H3,(H2,29,38)(H2,30,31,33). The van der Waals surface area contributed by atoms with Gasteiger partial charge in [-0.1, -0.05) is 6.92 Å². The number of nitrogens with zero attached hydrogens (tertiary/aromatic N) is 4. The molecule has 1 aromatic carbocycles. The highest BCUT2D eigenvalue weighted by molar-refractivity contribution is 5.99. The maximum atomic E-state index is 12.7. The molecular formula is C28H39N7O5. The monoisotopic (exact) mass is 553 g/mol. The van der Waals surface area contributed by atoms with Crippen LogP contribution in [0.2, 0.25) is 0 Å². The fourth-order valence-electron chi connectivity index (χ4n) is 5.45. The quantitative estimate of drug-likeness (QED) is 0.343. The van der Waals surface area contributed by atoms with Crippen molar-refractivity contribution in [3.05, 3.63) is 29.6 Å². The topological polar surface area (TPSA) is 155 Å². The molecule has 1 saturated carbocycles. The molecule has 2 amide bonds. The summed E-state index contributed by atoms with van der Waals surface area (Å²) >= 11 is 0. The van der Waals surface area contributed by atoms with E-state index in [4.69, 9.17) is 20.2 Å².